The third-order valence-corrected chi connectivity index (χ3v) is 1.97. The largest absolute Gasteiger partial charge is 0.334 e. The summed E-state index contributed by atoms with van der Waals surface area (Å²) in [7, 11) is 0. The smallest absolute Gasteiger partial charge is 0.181 e. The second-order valence-electron chi connectivity index (χ2n) is 2.94. The molecular weight excluding hydrogens is 192 g/mol. The van der Waals surface area contributed by atoms with Crippen molar-refractivity contribution in [3.05, 3.63) is 31.1 Å². The number of rotatable bonds is 1. The molecule has 3 aromatic heterocycles. The number of fused-ring (bicyclic) bond motifs is 1. The molecule has 0 spiro atoms. The Kier molecular flexibility index (Phi) is 1.64. The minimum absolute atomic E-state index is 0.630. The van der Waals surface area contributed by atoms with Gasteiger partial charge in [0.1, 0.15) is 17.5 Å². The van der Waals surface area contributed by atoms with Crippen LogP contribution in [0.4, 0.5) is 0 Å². The van der Waals surface area contributed by atoms with Gasteiger partial charge in [-0.15, -0.1) is 0 Å². The fraction of sp³-hybridized carbons (Fsp3) is 0. The van der Waals surface area contributed by atoms with Crippen LogP contribution in [0.15, 0.2) is 31.1 Å². The Bertz CT molecular complexity index is 555. The molecule has 0 saturated heterocycles. The maximum Gasteiger partial charge on any atom is 0.181 e. The van der Waals surface area contributed by atoms with Gasteiger partial charge in [-0.05, 0) is 0 Å². The average molecular weight is 198 g/mol. The highest BCUT2D eigenvalue weighted by Crippen LogP contribution is 2.14. The van der Waals surface area contributed by atoms with Crippen LogP contribution in [0.25, 0.3) is 22.7 Å². The fourth-order valence-electron chi connectivity index (χ4n) is 1.30. The molecule has 6 heteroatoms. The number of nitrogens with zero attached hydrogens (tertiary/aromatic N) is 5. The van der Waals surface area contributed by atoms with E-state index >= 15 is 0 Å². The highest BCUT2D eigenvalue weighted by molar-refractivity contribution is 5.73. The third-order valence-electron chi connectivity index (χ3n) is 1.97. The van der Waals surface area contributed by atoms with E-state index in [2.05, 4.69) is 29.9 Å². The molecule has 0 aliphatic carbocycles. The van der Waals surface area contributed by atoms with Gasteiger partial charge < -0.3 is 4.98 Å². The topological polar surface area (TPSA) is 80.2 Å². The predicted molar refractivity (Wildman–Crippen MR) is 52.7 cm³/mol. The van der Waals surface area contributed by atoms with E-state index in [9.17, 15) is 0 Å². The van der Waals surface area contributed by atoms with Gasteiger partial charge in [-0.2, -0.15) is 0 Å². The van der Waals surface area contributed by atoms with Crippen molar-refractivity contribution in [2.45, 2.75) is 0 Å². The number of imidazole rings is 1. The van der Waals surface area contributed by atoms with Crippen LogP contribution in [0, 0.1) is 0 Å². The van der Waals surface area contributed by atoms with Gasteiger partial charge >= 0.3 is 0 Å². The van der Waals surface area contributed by atoms with Gasteiger partial charge in [-0.3, -0.25) is 4.98 Å². The minimum atomic E-state index is 0.630. The quantitative estimate of drug-likeness (QED) is 0.625. The lowest BCUT2D eigenvalue weighted by atomic mass is 10.4. The number of aromatic nitrogens is 6. The molecule has 0 aromatic carbocycles. The third kappa shape index (κ3) is 1.32. The van der Waals surface area contributed by atoms with Gasteiger partial charge in [0, 0.05) is 12.4 Å². The lowest BCUT2D eigenvalue weighted by molar-refractivity contribution is 1.16. The Morgan fingerprint density at radius 3 is 2.80 bits per heavy atom. The molecule has 0 aliphatic heterocycles. The zero-order valence-corrected chi connectivity index (χ0v) is 7.62. The molecule has 15 heavy (non-hydrogen) atoms. The van der Waals surface area contributed by atoms with E-state index < -0.39 is 0 Å². The van der Waals surface area contributed by atoms with Crippen LogP contribution >= 0.6 is 0 Å². The normalized spacial score (nSPS) is 10.7. The Morgan fingerprint density at radius 2 is 2.00 bits per heavy atom. The predicted octanol–water partition coefficient (Wildman–Crippen LogP) is 0.810. The summed E-state index contributed by atoms with van der Waals surface area (Å²) < 4.78 is 0. The summed E-state index contributed by atoms with van der Waals surface area (Å²) in [6, 6.07) is 0. The first-order valence-electron chi connectivity index (χ1n) is 4.35. The molecule has 0 unspecified atom stereocenters. The summed E-state index contributed by atoms with van der Waals surface area (Å²) in [5.74, 6) is 0.651. The molecule has 3 heterocycles. The summed E-state index contributed by atoms with van der Waals surface area (Å²) >= 11 is 0. The van der Waals surface area contributed by atoms with E-state index in [1.807, 2.05) is 0 Å². The molecule has 3 rings (SSSR count). The number of H-pyrrole nitrogens is 1. The lowest BCUT2D eigenvalue weighted by Gasteiger charge is -1.91. The highest BCUT2D eigenvalue weighted by atomic mass is 15.0. The van der Waals surface area contributed by atoms with Crippen molar-refractivity contribution in [2.75, 3.05) is 0 Å². The van der Waals surface area contributed by atoms with Crippen LogP contribution in [0.1, 0.15) is 0 Å². The van der Waals surface area contributed by atoms with E-state index in [-0.39, 0.29) is 0 Å². The summed E-state index contributed by atoms with van der Waals surface area (Å²) in [6.07, 6.45) is 8.02. The molecule has 0 amide bonds. The molecule has 0 saturated carbocycles. The average Bonchev–Trinajstić information content (AvgIpc) is 2.74. The first kappa shape index (κ1) is 7.98. The van der Waals surface area contributed by atoms with Crippen molar-refractivity contribution in [1.82, 2.24) is 29.9 Å². The molecule has 1 N–H and O–H groups in total. The molecule has 0 fully saturated rings. The summed E-state index contributed by atoms with van der Waals surface area (Å²) in [6.45, 7) is 0. The van der Waals surface area contributed by atoms with Gasteiger partial charge in [0.2, 0.25) is 0 Å². The summed E-state index contributed by atoms with van der Waals surface area (Å²) in [5, 5.41) is 0. The van der Waals surface area contributed by atoms with E-state index in [1.54, 1.807) is 24.8 Å². The molecule has 0 atom stereocenters. The highest BCUT2D eigenvalue weighted by Gasteiger charge is 2.06. The molecule has 0 radical (unpaired) electrons. The molecule has 3 aromatic rings. The monoisotopic (exact) mass is 198 g/mol. The molecule has 6 nitrogen and oxygen atoms in total. The van der Waals surface area contributed by atoms with Crippen molar-refractivity contribution >= 4 is 11.2 Å². The van der Waals surface area contributed by atoms with Crippen molar-refractivity contribution in [2.24, 2.45) is 0 Å². The van der Waals surface area contributed by atoms with Crippen LogP contribution in [0.3, 0.4) is 0 Å². The zero-order chi connectivity index (χ0) is 10.1. The maximum atomic E-state index is 4.27. The van der Waals surface area contributed by atoms with Crippen LogP contribution < -0.4 is 0 Å². The number of aromatic amines is 1. The van der Waals surface area contributed by atoms with Gasteiger partial charge in [-0.25, -0.2) is 19.9 Å². The molecule has 0 bridgehead atoms. The number of hydrogen-bond donors (Lipinski definition) is 1. The van der Waals surface area contributed by atoms with Crippen molar-refractivity contribution < 1.29 is 0 Å². The standard InChI is InChI=1S/C9H6N6/c1-2-12-6(3-10-1)9-14-7-4-11-5-13-8(7)15-9/h1-5H,(H,11,13,14,15). The van der Waals surface area contributed by atoms with E-state index in [0.29, 0.717) is 17.2 Å². The van der Waals surface area contributed by atoms with Gasteiger partial charge in [0.05, 0.1) is 12.4 Å². The molecule has 72 valence electrons. The Morgan fingerprint density at radius 1 is 1.00 bits per heavy atom. The van der Waals surface area contributed by atoms with Crippen LogP contribution in [-0.4, -0.2) is 29.9 Å². The Balaban J connectivity index is 2.21. The van der Waals surface area contributed by atoms with Gasteiger partial charge in [0.25, 0.3) is 0 Å². The Hall–Kier alpha value is -2.37. The number of nitrogens with one attached hydrogen (secondary N) is 1. The number of hydrogen-bond acceptors (Lipinski definition) is 5. The molecular formula is C9H6N6. The second-order valence-corrected chi connectivity index (χ2v) is 2.94. The van der Waals surface area contributed by atoms with Crippen molar-refractivity contribution in [3.8, 4) is 11.5 Å². The zero-order valence-electron chi connectivity index (χ0n) is 7.62. The van der Waals surface area contributed by atoms with E-state index in [1.165, 1.54) is 6.33 Å². The lowest BCUT2D eigenvalue weighted by Crippen LogP contribution is -1.85. The maximum absolute atomic E-state index is 4.27. The minimum Gasteiger partial charge on any atom is -0.334 e. The SMILES string of the molecule is c1cnc(-c2nc3ncncc3[nH]2)cn1. The Labute approximate surface area is 84.5 Å². The van der Waals surface area contributed by atoms with Crippen molar-refractivity contribution in [3.63, 3.8) is 0 Å². The first-order chi connectivity index (χ1) is 7.43. The van der Waals surface area contributed by atoms with Crippen LogP contribution in [0.5, 0.6) is 0 Å². The molecule has 0 aliphatic rings. The van der Waals surface area contributed by atoms with Gasteiger partial charge in [-0.1, -0.05) is 0 Å². The van der Waals surface area contributed by atoms with Crippen molar-refractivity contribution in [1.29, 1.82) is 0 Å². The summed E-state index contributed by atoms with van der Waals surface area (Å²) in [4.78, 5) is 23.4. The fourth-order valence-corrected chi connectivity index (χ4v) is 1.30. The summed E-state index contributed by atoms with van der Waals surface area (Å²) in [5.41, 5.74) is 2.11. The van der Waals surface area contributed by atoms with Gasteiger partial charge in [0.15, 0.2) is 11.5 Å². The van der Waals surface area contributed by atoms with E-state index in [4.69, 9.17) is 0 Å². The van der Waals surface area contributed by atoms with Crippen LogP contribution in [0.2, 0.25) is 0 Å². The van der Waals surface area contributed by atoms with Crippen LogP contribution in [-0.2, 0) is 0 Å². The second kappa shape index (κ2) is 3.09. The first-order valence-corrected chi connectivity index (χ1v) is 4.35. The van der Waals surface area contributed by atoms with E-state index in [0.717, 1.165) is 5.52 Å².